The fraction of sp³-hybridized carbons (Fsp3) is 0.211. The molecule has 0 radical (unpaired) electrons. The summed E-state index contributed by atoms with van der Waals surface area (Å²) in [7, 11) is 0. The van der Waals surface area contributed by atoms with Crippen LogP contribution in [0.25, 0.3) is 11.5 Å². The smallest absolute Gasteiger partial charge is 0.338 e. The van der Waals surface area contributed by atoms with Crippen molar-refractivity contribution in [1.29, 1.82) is 0 Å². The summed E-state index contributed by atoms with van der Waals surface area (Å²) >= 11 is 6.12. The second-order valence-corrected chi connectivity index (χ2v) is 6.17. The Kier molecular flexibility index (Phi) is 5.53. The molecule has 1 aromatic heterocycles. The van der Waals surface area contributed by atoms with E-state index in [4.69, 9.17) is 25.6 Å². The monoisotopic (exact) mass is 372 g/mol. The molecule has 6 nitrogen and oxygen atoms in total. The Balaban J connectivity index is 1.61. The van der Waals surface area contributed by atoms with Gasteiger partial charge in [0.25, 0.3) is 5.89 Å². The highest BCUT2D eigenvalue weighted by Crippen LogP contribution is 2.26. The lowest BCUT2D eigenvalue weighted by molar-refractivity contribution is 0.0378. The Labute approximate surface area is 155 Å². The largest absolute Gasteiger partial charge is 0.485 e. The van der Waals surface area contributed by atoms with Gasteiger partial charge < -0.3 is 14.0 Å². The molecule has 3 aromatic rings. The van der Waals surface area contributed by atoms with Crippen molar-refractivity contribution in [3.8, 4) is 17.2 Å². The summed E-state index contributed by atoms with van der Waals surface area (Å²) in [6.07, 6.45) is -0.163. The molecule has 0 unspecified atom stereocenters. The van der Waals surface area contributed by atoms with E-state index in [-0.39, 0.29) is 18.7 Å². The minimum Gasteiger partial charge on any atom is -0.485 e. The fourth-order valence-electron chi connectivity index (χ4n) is 2.17. The van der Waals surface area contributed by atoms with Gasteiger partial charge in [-0.1, -0.05) is 28.9 Å². The highest BCUT2D eigenvalue weighted by atomic mass is 35.5. The summed E-state index contributed by atoms with van der Waals surface area (Å²) in [5, 5.41) is 4.42. The minimum atomic E-state index is -0.367. The third-order valence-electron chi connectivity index (χ3n) is 3.37. The molecule has 2 aromatic carbocycles. The molecule has 0 saturated carbocycles. The first kappa shape index (κ1) is 17.9. The van der Waals surface area contributed by atoms with Crippen LogP contribution >= 0.6 is 11.6 Å². The van der Waals surface area contributed by atoms with Crippen LogP contribution in [0.1, 0.15) is 30.0 Å². The lowest BCUT2D eigenvalue weighted by atomic mass is 10.2. The standard InChI is InChI=1S/C19H17ClN2O4/c1-12(2)25-19(23)13-7-9-14(10-8-13)24-11-17-21-18(26-22-17)15-5-3-4-6-16(15)20/h3-10,12H,11H2,1-2H3. The van der Waals surface area contributed by atoms with Gasteiger partial charge in [-0.3, -0.25) is 0 Å². The molecule has 0 aliphatic heterocycles. The van der Waals surface area contributed by atoms with Crippen LogP contribution in [0.15, 0.2) is 53.1 Å². The number of carbonyl (C=O) groups excluding carboxylic acids is 1. The third kappa shape index (κ3) is 4.40. The molecule has 7 heteroatoms. The fourth-order valence-corrected chi connectivity index (χ4v) is 2.39. The Morgan fingerprint density at radius 2 is 1.88 bits per heavy atom. The molecule has 3 rings (SSSR count). The molecule has 26 heavy (non-hydrogen) atoms. The number of aromatic nitrogens is 2. The van der Waals surface area contributed by atoms with Crippen LogP contribution in [0.3, 0.4) is 0 Å². The van der Waals surface area contributed by atoms with Crippen LogP contribution < -0.4 is 4.74 Å². The van der Waals surface area contributed by atoms with Crippen molar-refractivity contribution < 1.29 is 18.8 Å². The number of esters is 1. The van der Waals surface area contributed by atoms with Crippen molar-refractivity contribution in [3.63, 3.8) is 0 Å². The van der Waals surface area contributed by atoms with Crippen molar-refractivity contribution in [2.45, 2.75) is 26.6 Å². The van der Waals surface area contributed by atoms with Gasteiger partial charge in [0, 0.05) is 0 Å². The number of halogens is 1. The first-order valence-electron chi connectivity index (χ1n) is 8.04. The lowest BCUT2D eigenvalue weighted by Gasteiger charge is -2.08. The Hall–Kier alpha value is -2.86. The van der Waals surface area contributed by atoms with E-state index in [1.54, 1.807) is 50.2 Å². The molecule has 1 heterocycles. The molecular weight excluding hydrogens is 356 g/mol. The average molecular weight is 373 g/mol. The van der Waals surface area contributed by atoms with Crippen molar-refractivity contribution in [2.75, 3.05) is 0 Å². The van der Waals surface area contributed by atoms with E-state index in [0.717, 1.165) is 0 Å². The van der Waals surface area contributed by atoms with Gasteiger partial charge in [0.2, 0.25) is 5.82 Å². The van der Waals surface area contributed by atoms with Gasteiger partial charge in [0.05, 0.1) is 22.3 Å². The van der Waals surface area contributed by atoms with Crippen LogP contribution in [-0.2, 0) is 11.3 Å². The Morgan fingerprint density at radius 3 is 2.58 bits per heavy atom. The molecule has 0 N–H and O–H groups in total. The molecule has 0 bridgehead atoms. The van der Waals surface area contributed by atoms with Crippen LogP contribution in [0, 0.1) is 0 Å². The topological polar surface area (TPSA) is 74.5 Å². The number of ether oxygens (including phenoxy) is 2. The summed E-state index contributed by atoms with van der Waals surface area (Å²) in [6.45, 7) is 3.73. The zero-order chi connectivity index (χ0) is 18.5. The molecule has 0 atom stereocenters. The maximum atomic E-state index is 11.8. The molecule has 134 valence electrons. The van der Waals surface area contributed by atoms with Gasteiger partial charge in [0.15, 0.2) is 6.61 Å². The van der Waals surface area contributed by atoms with Gasteiger partial charge >= 0.3 is 5.97 Å². The molecule has 0 saturated heterocycles. The van der Waals surface area contributed by atoms with Crippen molar-refractivity contribution in [2.24, 2.45) is 0 Å². The van der Waals surface area contributed by atoms with E-state index in [2.05, 4.69) is 10.1 Å². The van der Waals surface area contributed by atoms with Crippen molar-refractivity contribution in [3.05, 3.63) is 64.9 Å². The zero-order valence-electron chi connectivity index (χ0n) is 14.3. The van der Waals surface area contributed by atoms with Crippen LogP contribution in [0.2, 0.25) is 5.02 Å². The van der Waals surface area contributed by atoms with Gasteiger partial charge in [-0.05, 0) is 50.2 Å². The number of rotatable bonds is 6. The average Bonchev–Trinajstić information content (AvgIpc) is 3.09. The number of nitrogens with zero attached hydrogens (tertiary/aromatic N) is 2. The lowest BCUT2D eigenvalue weighted by Crippen LogP contribution is -2.11. The maximum Gasteiger partial charge on any atom is 0.338 e. The number of hydrogen-bond acceptors (Lipinski definition) is 6. The first-order valence-corrected chi connectivity index (χ1v) is 8.42. The Morgan fingerprint density at radius 1 is 1.15 bits per heavy atom. The molecule has 0 aliphatic rings. The second-order valence-electron chi connectivity index (χ2n) is 5.76. The van der Waals surface area contributed by atoms with E-state index >= 15 is 0 Å². The van der Waals surface area contributed by atoms with Crippen molar-refractivity contribution >= 4 is 17.6 Å². The summed E-state index contributed by atoms with van der Waals surface area (Å²) in [5.41, 5.74) is 1.13. The summed E-state index contributed by atoms with van der Waals surface area (Å²) in [6, 6.07) is 13.9. The number of hydrogen-bond donors (Lipinski definition) is 0. The van der Waals surface area contributed by atoms with Gasteiger partial charge in [-0.15, -0.1) is 0 Å². The van der Waals surface area contributed by atoms with E-state index in [0.29, 0.717) is 33.6 Å². The molecule has 0 aliphatic carbocycles. The molecular formula is C19H17ClN2O4. The van der Waals surface area contributed by atoms with E-state index in [1.807, 2.05) is 12.1 Å². The van der Waals surface area contributed by atoms with Crippen LogP contribution in [0.4, 0.5) is 0 Å². The van der Waals surface area contributed by atoms with Crippen LogP contribution in [-0.4, -0.2) is 22.2 Å². The van der Waals surface area contributed by atoms with E-state index in [9.17, 15) is 4.79 Å². The highest BCUT2D eigenvalue weighted by Gasteiger charge is 2.13. The number of benzene rings is 2. The van der Waals surface area contributed by atoms with Gasteiger partial charge in [-0.2, -0.15) is 4.98 Å². The molecule has 0 amide bonds. The van der Waals surface area contributed by atoms with Crippen LogP contribution in [0.5, 0.6) is 5.75 Å². The number of carbonyl (C=O) groups is 1. The summed E-state index contributed by atoms with van der Waals surface area (Å²) in [4.78, 5) is 16.1. The summed E-state index contributed by atoms with van der Waals surface area (Å²) in [5.74, 6) is 0.938. The molecule has 0 spiro atoms. The van der Waals surface area contributed by atoms with E-state index < -0.39 is 0 Å². The zero-order valence-corrected chi connectivity index (χ0v) is 15.1. The maximum absolute atomic E-state index is 11.8. The van der Waals surface area contributed by atoms with Crippen molar-refractivity contribution in [1.82, 2.24) is 10.1 Å². The Bertz CT molecular complexity index is 891. The molecule has 0 fully saturated rings. The van der Waals surface area contributed by atoms with Gasteiger partial charge in [-0.25, -0.2) is 4.79 Å². The SMILES string of the molecule is CC(C)OC(=O)c1ccc(OCc2noc(-c3ccccc3Cl)n2)cc1. The quantitative estimate of drug-likeness (QED) is 0.591. The normalized spacial score (nSPS) is 10.8. The predicted octanol–water partition coefficient (Wildman–Crippen LogP) is 4.53. The summed E-state index contributed by atoms with van der Waals surface area (Å²) < 4.78 is 16.0. The van der Waals surface area contributed by atoms with E-state index in [1.165, 1.54) is 0 Å². The van der Waals surface area contributed by atoms with Gasteiger partial charge in [0.1, 0.15) is 5.75 Å². The highest BCUT2D eigenvalue weighted by molar-refractivity contribution is 6.33. The third-order valence-corrected chi connectivity index (χ3v) is 3.70. The second kappa shape index (κ2) is 8.01. The first-order chi connectivity index (χ1) is 12.5. The predicted molar refractivity (Wildman–Crippen MR) is 96.1 cm³/mol. The minimum absolute atomic E-state index is 0.129.